The normalized spacial score (nSPS) is 16.2. The fourth-order valence-electron chi connectivity index (χ4n) is 5.95. The molecule has 2 atom stereocenters. The Morgan fingerprint density at radius 1 is 0.750 bits per heavy atom. The highest BCUT2D eigenvalue weighted by atomic mass is 16.6. The first-order valence-corrected chi connectivity index (χ1v) is 16.1. The van der Waals surface area contributed by atoms with Gasteiger partial charge in [-0.15, -0.1) is 0 Å². The molecule has 1 heterocycles. The molecule has 4 aromatic rings. The lowest BCUT2D eigenvalue weighted by Crippen LogP contribution is -2.44. The summed E-state index contributed by atoms with van der Waals surface area (Å²) in [7, 11) is 3.26. The van der Waals surface area contributed by atoms with E-state index in [0.29, 0.717) is 6.42 Å². The molecule has 4 aromatic carbocycles. The van der Waals surface area contributed by atoms with Gasteiger partial charge in [0, 0.05) is 6.54 Å². The first-order chi connectivity index (χ1) is 23.1. The summed E-state index contributed by atoms with van der Waals surface area (Å²) in [5, 5.41) is 2.95. The molecule has 2 unspecified atom stereocenters. The molecular weight excluding hydrogens is 608 g/mol. The molecule has 48 heavy (non-hydrogen) atoms. The maximum absolute atomic E-state index is 13.6. The molecular formula is C39H44N2O7. The van der Waals surface area contributed by atoms with E-state index in [1.165, 1.54) is 0 Å². The zero-order valence-corrected chi connectivity index (χ0v) is 28.2. The van der Waals surface area contributed by atoms with Crippen LogP contribution in [-0.2, 0) is 26.4 Å². The van der Waals surface area contributed by atoms with Gasteiger partial charge in [0.05, 0.1) is 32.9 Å². The standard InChI is InChI=1S/C39H44N2O7/c1-38(2,3)48-37(43)41-25-32(40-36(42)46-26-28-12-8-6-9-13-28)24-33(41)27-47-39(29-14-10-7-11-15-29,30-16-20-34(44-4)21-17-30)31-18-22-35(45-5)23-19-31/h6-23,32-33H,24-27H2,1-5H3,(H,40,42). The van der Waals surface area contributed by atoms with Crippen molar-refractivity contribution < 1.29 is 33.3 Å². The summed E-state index contributed by atoms with van der Waals surface area (Å²) in [4.78, 5) is 28.1. The van der Waals surface area contributed by atoms with E-state index >= 15 is 0 Å². The van der Waals surface area contributed by atoms with E-state index in [9.17, 15) is 9.59 Å². The molecule has 0 spiro atoms. The summed E-state index contributed by atoms with van der Waals surface area (Å²) in [5.41, 5.74) is 1.76. The lowest BCUT2D eigenvalue weighted by molar-refractivity contribution is -0.0251. The van der Waals surface area contributed by atoms with Crippen LogP contribution in [0.15, 0.2) is 109 Å². The molecule has 9 nitrogen and oxygen atoms in total. The Labute approximate surface area is 282 Å². The molecule has 2 amide bonds. The number of benzene rings is 4. The number of alkyl carbamates (subject to hydrolysis) is 1. The largest absolute Gasteiger partial charge is 0.497 e. The number of carbonyl (C=O) groups excluding carboxylic acids is 2. The van der Waals surface area contributed by atoms with E-state index in [-0.39, 0.29) is 25.8 Å². The van der Waals surface area contributed by atoms with E-state index in [4.69, 9.17) is 23.7 Å². The number of nitrogens with zero attached hydrogens (tertiary/aromatic N) is 1. The number of rotatable bonds is 11. The van der Waals surface area contributed by atoms with E-state index in [1.54, 1.807) is 19.1 Å². The lowest BCUT2D eigenvalue weighted by atomic mass is 9.80. The van der Waals surface area contributed by atoms with Crippen molar-refractivity contribution in [1.82, 2.24) is 10.2 Å². The van der Waals surface area contributed by atoms with Gasteiger partial charge in [-0.2, -0.15) is 0 Å². The van der Waals surface area contributed by atoms with Gasteiger partial charge in [-0.3, -0.25) is 0 Å². The smallest absolute Gasteiger partial charge is 0.410 e. The van der Waals surface area contributed by atoms with Crippen molar-refractivity contribution in [3.63, 3.8) is 0 Å². The average Bonchev–Trinajstić information content (AvgIpc) is 3.51. The molecule has 5 rings (SSSR count). The Balaban J connectivity index is 1.46. The fourth-order valence-corrected chi connectivity index (χ4v) is 5.95. The van der Waals surface area contributed by atoms with Crippen LogP contribution >= 0.6 is 0 Å². The predicted molar refractivity (Wildman–Crippen MR) is 183 cm³/mol. The monoisotopic (exact) mass is 652 g/mol. The summed E-state index contributed by atoms with van der Waals surface area (Å²) in [5.74, 6) is 1.44. The number of ether oxygens (including phenoxy) is 5. The molecule has 0 radical (unpaired) electrons. The lowest BCUT2D eigenvalue weighted by Gasteiger charge is -2.38. The second-order valence-electron chi connectivity index (χ2n) is 12.7. The Bertz CT molecular complexity index is 1570. The van der Waals surface area contributed by atoms with Crippen LogP contribution in [0, 0.1) is 0 Å². The molecule has 0 aliphatic carbocycles. The molecule has 0 bridgehead atoms. The summed E-state index contributed by atoms with van der Waals surface area (Å²) in [6, 6.07) is 34.2. The number of nitrogens with one attached hydrogen (secondary N) is 1. The Morgan fingerprint density at radius 3 is 1.79 bits per heavy atom. The Kier molecular flexibility index (Phi) is 10.9. The van der Waals surface area contributed by atoms with E-state index in [1.807, 2.05) is 130 Å². The molecule has 252 valence electrons. The maximum atomic E-state index is 13.6. The van der Waals surface area contributed by atoms with Crippen molar-refractivity contribution in [3.8, 4) is 11.5 Å². The van der Waals surface area contributed by atoms with Gasteiger partial charge in [-0.1, -0.05) is 84.9 Å². The van der Waals surface area contributed by atoms with Crippen LogP contribution in [-0.4, -0.2) is 62.1 Å². The average molecular weight is 653 g/mol. The third kappa shape index (κ3) is 8.27. The zero-order valence-electron chi connectivity index (χ0n) is 28.2. The van der Waals surface area contributed by atoms with Crippen molar-refractivity contribution >= 4 is 12.2 Å². The number of hydrogen-bond donors (Lipinski definition) is 1. The molecule has 1 saturated heterocycles. The van der Waals surface area contributed by atoms with Crippen molar-refractivity contribution in [2.24, 2.45) is 0 Å². The predicted octanol–water partition coefficient (Wildman–Crippen LogP) is 7.32. The second kappa shape index (κ2) is 15.3. The van der Waals surface area contributed by atoms with Crippen molar-refractivity contribution in [2.75, 3.05) is 27.4 Å². The van der Waals surface area contributed by atoms with Crippen molar-refractivity contribution in [2.45, 2.75) is 57.1 Å². The highest BCUT2D eigenvalue weighted by Gasteiger charge is 2.43. The molecule has 1 aliphatic rings. The second-order valence-corrected chi connectivity index (χ2v) is 12.7. The summed E-state index contributed by atoms with van der Waals surface area (Å²) in [6.07, 6.45) is -0.586. The molecule has 0 saturated carbocycles. The van der Waals surface area contributed by atoms with Crippen LogP contribution in [0.5, 0.6) is 11.5 Å². The van der Waals surface area contributed by atoms with Gasteiger partial charge in [0.25, 0.3) is 0 Å². The molecule has 1 N–H and O–H groups in total. The molecule has 1 fully saturated rings. The minimum absolute atomic E-state index is 0.142. The minimum Gasteiger partial charge on any atom is -0.497 e. The van der Waals surface area contributed by atoms with Gasteiger partial charge in [-0.25, -0.2) is 9.59 Å². The van der Waals surface area contributed by atoms with Gasteiger partial charge >= 0.3 is 12.2 Å². The number of hydrogen-bond acceptors (Lipinski definition) is 7. The van der Waals surface area contributed by atoms with Gasteiger partial charge in [0.2, 0.25) is 0 Å². The van der Waals surface area contributed by atoms with Crippen LogP contribution in [0.3, 0.4) is 0 Å². The van der Waals surface area contributed by atoms with E-state index in [2.05, 4.69) is 5.32 Å². The Morgan fingerprint density at radius 2 is 1.27 bits per heavy atom. The molecule has 1 aliphatic heterocycles. The first kappa shape index (κ1) is 34.3. The minimum atomic E-state index is -1.07. The van der Waals surface area contributed by atoms with Crippen LogP contribution in [0.25, 0.3) is 0 Å². The summed E-state index contributed by atoms with van der Waals surface area (Å²) in [6.45, 7) is 6.02. The topological polar surface area (TPSA) is 95.6 Å². The summed E-state index contributed by atoms with van der Waals surface area (Å²) < 4.78 is 29.4. The van der Waals surface area contributed by atoms with E-state index < -0.39 is 29.4 Å². The van der Waals surface area contributed by atoms with E-state index in [0.717, 1.165) is 33.8 Å². The fraction of sp³-hybridized carbons (Fsp3) is 0.333. The van der Waals surface area contributed by atoms with Crippen LogP contribution in [0.2, 0.25) is 0 Å². The number of methoxy groups -OCH3 is 2. The summed E-state index contributed by atoms with van der Waals surface area (Å²) >= 11 is 0. The van der Waals surface area contributed by atoms with Gasteiger partial charge < -0.3 is 33.9 Å². The zero-order chi connectivity index (χ0) is 34.1. The van der Waals surface area contributed by atoms with Crippen LogP contribution in [0.1, 0.15) is 49.4 Å². The van der Waals surface area contributed by atoms with Gasteiger partial charge in [0.15, 0.2) is 0 Å². The van der Waals surface area contributed by atoms with Crippen LogP contribution < -0.4 is 14.8 Å². The van der Waals surface area contributed by atoms with Crippen molar-refractivity contribution in [3.05, 3.63) is 131 Å². The van der Waals surface area contributed by atoms with Crippen molar-refractivity contribution in [1.29, 1.82) is 0 Å². The highest BCUT2D eigenvalue weighted by molar-refractivity contribution is 5.70. The third-order valence-electron chi connectivity index (χ3n) is 8.24. The molecule has 0 aromatic heterocycles. The maximum Gasteiger partial charge on any atom is 0.410 e. The Hall–Kier alpha value is -5.02. The third-order valence-corrected chi connectivity index (χ3v) is 8.24. The van der Waals surface area contributed by atoms with Gasteiger partial charge in [0.1, 0.15) is 29.3 Å². The van der Waals surface area contributed by atoms with Crippen LogP contribution in [0.4, 0.5) is 9.59 Å². The highest BCUT2D eigenvalue weighted by Crippen LogP contribution is 2.42. The number of carbonyl (C=O) groups is 2. The molecule has 9 heteroatoms. The SMILES string of the molecule is COc1ccc(C(OCC2CC(NC(=O)OCc3ccccc3)CN2C(=O)OC(C)(C)C)(c2ccccc2)c2ccc(OC)cc2)cc1. The van der Waals surface area contributed by atoms with Gasteiger partial charge in [-0.05, 0) is 73.7 Å². The number of amides is 2. The first-order valence-electron chi connectivity index (χ1n) is 16.1. The quantitative estimate of drug-likeness (QED) is 0.170. The number of likely N-dealkylation sites (tertiary alicyclic amines) is 1.